The summed E-state index contributed by atoms with van der Waals surface area (Å²) in [5, 5.41) is 2.14. The molecule has 8 heavy (non-hydrogen) atoms. The van der Waals surface area contributed by atoms with Crippen molar-refractivity contribution in [3.63, 3.8) is 0 Å². The summed E-state index contributed by atoms with van der Waals surface area (Å²) in [5.41, 5.74) is 0. The van der Waals surface area contributed by atoms with Crippen LogP contribution >= 0.6 is 28.5 Å². The zero-order valence-electron chi connectivity index (χ0n) is 4.55. The molecule has 0 N–H and O–H groups in total. The Hall–Kier alpha value is 0.560. The summed E-state index contributed by atoms with van der Waals surface area (Å²) < 4.78 is 0. The van der Waals surface area contributed by atoms with E-state index in [1.165, 1.54) is 11.0 Å². The van der Waals surface area contributed by atoms with Crippen molar-refractivity contribution >= 4 is 28.5 Å². The Kier molecular flexibility index (Phi) is 2.97. The van der Waals surface area contributed by atoms with Gasteiger partial charge >= 0.3 is 0 Å². The second kappa shape index (κ2) is 3.56. The van der Waals surface area contributed by atoms with Gasteiger partial charge in [0.25, 0.3) is 0 Å². The zero-order chi connectivity index (χ0) is 5.82. The van der Waals surface area contributed by atoms with Gasteiger partial charge in [-0.15, -0.1) is 11.3 Å². The van der Waals surface area contributed by atoms with Gasteiger partial charge in [0, 0.05) is 19.3 Å². The Morgan fingerprint density at radius 2 is 2.62 bits per heavy atom. The van der Waals surface area contributed by atoms with Crippen LogP contribution in [0.4, 0.5) is 0 Å². The molecule has 2 unspecified atom stereocenters. The van der Waals surface area contributed by atoms with E-state index in [4.69, 9.17) is 0 Å². The molecule has 1 heterocycles. The molecule has 0 saturated heterocycles. The molecule has 0 radical (unpaired) electrons. The van der Waals surface area contributed by atoms with Crippen molar-refractivity contribution in [2.75, 3.05) is 0 Å². The third kappa shape index (κ3) is 1.82. The van der Waals surface area contributed by atoms with Crippen LogP contribution in [0.2, 0.25) is 0 Å². The minimum Gasteiger partial charge on any atom is -0.148 e. The fraction of sp³-hybridized carbons (Fsp3) is 0.200. The Bertz CT molecular complexity index is 136. The van der Waals surface area contributed by atoms with Gasteiger partial charge in [-0.2, -0.15) is 0 Å². The fourth-order valence-electron chi connectivity index (χ4n) is 0.536. The zero-order valence-corrected chi connectivity index (χ0v) is 7.79. The van der Waals surface area contributed by atoms with Crippen LogP contribution in [0.5, 0.6) is 0 Å². The number of hydrogen-bond acceptors (Lipinski definition) is 1. The lowest BCUT2D eigenvalue weighted by Gasteiger charge is -1.82. The number of rotatable bonds is 2. The summed E-state index contributed by atoms with van der Waals surface area (Å²) in [6.07, 6.45) is 1.29. The maximum Gasteiger partial charge on any atom is 0.0394 e. The van der Waals surface area contributed by atoms with Gasteiger partial charge in [-0.25, -0.2) is 0 Å². The molecule has 44 valence electrons. The molecule has 0 aliphatic carbocycles. The van der Waals surface area contributed by atoms with E-state index in [-0.39, 0.29) is 0 Å². The quantitative estimate of drug-likeness (QED) is 0.587. The molecule has 0 saturated carbocycles. The van der Waals surface area contributed by atoms with Gasteiger partial charge in [0.2, 0.25) is 0 Å². The van der Waals surface area contributed by atoms with E-state index in [9.17, 15) is 0 Å². The first-order chi connectivity index (χ1) is 3.93. The van der Waals surface area contributed by atoms with Crippen LogP contribution in [0.1, 0.15) is 4.88 Å². The molecular weight excluding hydrogens is 154 g/mol. The lowest BCUT2D eigenvalue weighted by Crippen LogP contribution is -1.60. The van der Waals surface area contributed by atoms with Crippen molar-refractivity contribution in [1.29, 1.82) is 0 Å². The highest BCUT2D eigenvalue weighted by Crippen LogP contribution is 2.27. The van der Waals surface area contributed by atoms with Gasteiger partial charge in [0.1, 0.15) is 0 Å². The first-order valence-electron chi connectivity index (χ1n) is 2.46. The molecule has 2 atom stereocenters. The summed E-state index contributed by atoms with van der Waals surface area (Å²) in [6, 6.07) is 4.31. The fourth-order valence-corrected chi connectivity index (χ4v) is 3.38. The van der Waals surface area contributed by atoms with Crippen LogP contribution in [0.3, 0.4) is 0 Å². The largest absolute Gasteiger partial charge is 0.148 e. The van der Waals surface area contributed by atoms with Gasteiger partial charge in [-0.3, -0.25) is 0 Å². The van der Waals surface area contributed by atoms with Crippen LogP contribution in [0.25, 0.3) is 0 Å². The summed E-state index contributed by atoms with van der Waals surface area (Å²) in [4.78, 5) is 1.53. The Morgan fingerprint density at radius 3 is 3.12 bits per heavy atom. The summed E-state index contributed by atoms with van der Waals surface area (Å²) in [6.45, 7) is 0. The van der Waals surface area contributed by atoms with E-state index in [2.05, 4.69) is 26.4 Å². The molecule has 0 amide bonds. The summed E-state index contributed by atoms with van der Waals surface area (Å²) in [5.74, 6) is 0. The van der Waals surface area contributed by atoms with Crippen molar-refractivity contribution in [3.8, 4) is 0 Å². The summed E-state index contributed by atoms with van der Waals surface area (Å²) >= 11 is 1.86. The minimum atomic E-state index is 1.09. The third-order valence-electron chi connectivity index (χ3n) is 0.879. The topological polar surface area (TPSA) is 0 Å². The molecule has 0 aliphatic heterocycles. The van der Waals surface area contributed by atoms with E-state index in [1.54, 1.807) is 0 Å². The van der Waals surface area contributed by atoms with E-state index >= 15 is 0 Å². The standard InChI is InChI=1S/C5H8P2S/c6-7-4-5-2-1-3-8-5/h1-3,7H,4,6H2/p+1. The van der Waals surface area contributed by atoms with Gasteiger partial charge in [0.05, 0.1) is 0 Å². The van der Waals surface area contributed by atoms with Crippen LogP contribution < -0.4 is 0 Å². The molecule has 3 heteroatoms. The van der Waals surface area contributed by atoms with E-state index in [0.29, 0.717) is 0 Å². The number of hydrogen-bond donors (Lipinski definition) is 0. The van der Waals surface area contributed by atoms with Gasteiger partial charge in [0.15, 0.2) is 0 Å². The maximum atomic E-state index is 2.20. The van der Waals surface area contributed by atoms with Crippen molar-refractivity contribution in [3.05, 3.63) is 22.4 Å². The molecule has 1 aromatic rings. The molecule has 0 aromatic carbocycles. The van der Waals surface area contributed by atoms with Crippen LogP contribution in [-0.2, 0) is 6.16 Å². The monoisotopic (exact) mass is 163 g/mol. The van der Waals surface area contributed by atoms with Crippen LogP contribution in [0.15, 0.2) is 17.5 Å². The third-order valence-corrected chi connectivity index (χ3v) is 3.39. The average Bonchev–Trinajstić information content (AvgIpc) is 2.19. The maximum absolute atomic E-state index is 2.20. The predicted molar refractivity (Wildman–Crippen MR) is 47.4 cm³/mol. The van der Waals surface area contributed by atoms with Crippen LogP contribution in [-0.4, -0.2) is 0 Å². The van der Waals surface area contributed by atoms with Crippen LogP contribution in [0, 0.1) is 0 Å². The van der Waals surface area contributed by atoms with Crippen molar-refractivity contribution in [2.24, 2.45) is 0 Å². The average molecular weight is 163 g/mol. The highest BCUT2D eigenvalue weighted by Gasteiger charge is 1.89. The summed E-state index contributed by atoms with van der Waals surface area (Å²) in [7, 11) is 3.15. The molecular formula is C5H9P2S+. The molecule has 1 aromatic heterocycles. The number of thiophene rings is 1. The van der Waals surface area contributed by atoms with Crippen molar-refractivity contribution in [2.45, 2.75) is 6.16 Å². The normalized spacial score (nSPS) is 11.5. The SMILES string of the molecule is [PH3+]PCc1cccs1. The minimum absolute atomic E-state index is 1.09. The smallest absolute Gasteiger partial charge is 0.0394 e. The second-order valence-electron chi connectivity index (χ2n) is 1.51. The van der Waals surface area contributed by atoms with Gasteiger partial charge in [-0.05, 0) is 20.4 Å². The molecule has 1 rings (SSSR count). The van der Waals surface area contributed by atoms with Gasteiger partial charge in [-0.1, -0.05) is 6.07 Å². The van der Waals surface area contributed by atoms with E-state index < -0.39 is 0 Å². The first kappa shape index (κ1) is 6.68. The highest BCUT2D eigenvalue weighted by atomic mass is 32.1. The molecule has 0 nitrogen and oxygen atoms in total. The van der Waals surface area contributed by atoms with Crippen molar-refractivity contribution < 1.29 is 0 Å². The Morgan fingerprint density at radius 1 is 1.75 bits per heavy atom. The highest BCUT2D eigenvalue weighted by molar-refractivity contribution is 8.02. The molecule has 0 bridgehead atoms. The van der Waals surface area contributed by atoms with E-state index in [1.807, 2.05) is 11.3 Å². The second-order valence-corrected chi connectivity index (χ2v) is 4.89. The van der Waals surface area contributed by atoms with E-state index in [0.717, 1.165) is 8.27 Å². The Labute approximate surface area is 57.6 Å². The lowest BCUT2D eigenvalue weighted by atomic mass is 10.5. The van der Waals surface area contributed by atoms with Crippen molar-refractivity contribution in [1.82, 2.24) is 0 Å². The first-order valence-corrected chi connectivity index (χ1v) is 6.87. The Balaban J connectivity index is 2.50. The van der Waals surface area contributed by atoms with Gasteiger partial charge < -0.3 is 0 Å². The lowest BCUT2D eigenvalue weighted by molar-refractivity contribution is 1.56. The molecule has 0 fully saturated rings. The molecule has 0 aliphatic rings. The molecule has 0 spiro atoms. The predicted octanol–water partition coefficient (Wildman–Crippen LogP) is 2.45.